The third kappa shape index (κ3) is 8.22. The second kappa shape index (κ2) is 14.7. The van der Waals surface area contributed by atoms with Crippen LogP contribution in [0.2, 0.25) is 5.02 Å². The molecule has 0 radical (unpaired) electrons. The highest BCUT2D eigenvalue weighted by Gasteiger charge is 2.37. The highest BCUT2D eigenvalue weighted by Crippen LogP contribution is 2.43. The van der Waals surface area contributed by atoms with Crippen LogP contribution >= 0.6 is 11.6 Å². The lowest BCUT2D eigenvalue weighted by Crippen LogP contribution is -2.43. The molecule has 222 valence electrons. The number of aryl methyl sites for hydroxylation is 2. The van der Waals surface area contributed by atoms with Gasteiger partial charge < -0.3 is 14.2 Å². The van der Waals surface area contributed by atoms with Crippen LogP contribution in [0.15, 0.2) is 65.1 Å². The molecule has 1 fully saturated rings. The zero-order chi connectivity index (χ0) is 30.2. The third-order valence-corrected chi connectivity index (χ3v) is 7.72. The van der Waals surface area contributed by atoms with E-state index in [1.807, 2.05) is 84.1 Å². The zero-order valence-electron chi connectivity index (χ0n) is 26.1. The maximum Gasteiger partial charge on any atom is 0.410 e. The molecular formula is C34H47ClN4O2. The number of nitrogens with zero attached hydrogens (tertiary/aromatic N) is 4. The second-order valence-electron chi connectivity index (χ2n) is 11.3. The SMILES string of the molecule is CC.C\C=C/N=C1/C(=C\C)C(CCn2ccnc2C)=Cc2cc(Cl)ccc2C1C1CCN(C(=O)OC(C)(C)C)CC1. The first-order chi connectivity index (χ1) is 19.6. The fourth-order valence-corrected chi connectivity index (χ4v) is 5.82. The van der Waals surface area contributed by atoms with E-state index in [9.17, 15) is 4.79 Å². The molecule has 0 saturated carbocycles. The van der Waals surface area contributed by atoms with E-state index in [0.717, 1.165) is 47.9 Å². The summed E-state index contributed by atoms with van der Waals surface area (Å²) in [6.45, 7) is 18.0. The number of aromatic nitrogens is 2. The second-order valence-corrected chi connectivity index (χ2v) is 11.8. The van der Waals surface area contributed by atoms with Crippen LogP contribution in [0.5, 0.6) is 0 Å². The molecule has 2 aliphatic rings. The minimum Gasteiger partial charge on any atom is -0.444 e. The van der Waals surface area contributed by atoms with Gasteiger partial charge in [-0.15, -0.1) is 0 Å². The molecule has 1 amide bonds. The Labute approximate surface area is 251 Å². The largest absolute Gasteiger partial charge is 0.444 e. The van der Waals surface area contributed by atoms with E-state index in [1.54, 1.807) is 0 Å². The number of benzene rings is 1. The number of halogens is 1. The van der Waals surface area contributed by atoms with Crippen LogP contribution in [0, 0.1) is 12.8 Å². The minimum absolute atomic E-state index is 0.0872. The first-order valence-electron chi connectivity index (χ1n) is 14.9. The number of allylic oxidation sites excluding steroid dienone is 4. The van der Waals surface area contributed by atoms with Gasteiger partial charge in [0.2, 0.25) is 0 Å². The molecule has 0 N–H and O–H groups in total. The number of hydrogen-bond donors (Lipinski definition) is 0. The number of amides is 1. The van der Waals surface area contributed by atoms with Crippen molar-refractivity contribution in [3.05, 3.63) is 82.1 Å². The molecule has 0 spiro atoms. The molecule has 7 heteroatoms. The number of rotatable bonds is 5. The summed E-state index contributed by atoms with van der Waals surface area (Å²) in [4.78, 5) is 24.1. The number of carbonyl (C=O) groups excluding carboxylic acids is 1. The summed E-state index contributed by atoms with van der Waals surface area (Å²) in [5, 5.41) is 0.726. The Morgan fingerprint density at radius 3 is 2.49 bits per heavy atom. The molecule has 0 bridgehead atoms. The summed E-state index contributed by atoms with van der Waals surface area (Å²) >= 11 is 6.53. The van der Waals surface area contributed by atoms with E-state index in [0.29, 0.717) is 19.0 Å². The molecular weight excluding hydrogens is 532 g/mol. The van der Waals surface area contributed by atoms with Crippen LogP contribution in [0.1, 0.15) is 90.6 Å². The standard InChI is InChI=1S/C32H41ClN4O2.C2H6/c1-7-14-35-30-27(8-2)24(13-16-36-19-15-34-22(36)3)20-25-21-26(33)9-10-28(25)29(30)23-11-17-37(18-12-23)31(38)39-32(4,5)6;1-2/h7-10,14-15,19-21,23,29H,11-13,16-18H2,1-6H3;1-2H3/b14-7-,27-8-,35-30-;. The topological polar surface area (TPSA) is 59.7 Å². The Morgan fingerprint density at radius 1 is 1.20 bits per heavy atom. The van der Waals surface area contributed by atoms with Crippen LogP contribution in [-0.2, 0) is 11.3 Å². The average molecular weight is 579 g/mol. The zero-order valence-corrected chi connectivity index (χ0v) is 26.8. The van der Waals surface area contributed by atoms with Gasteiger partial charge in [0, 0.05) is 49.2 Å². The highest BCUT2D eigenvalue weighted by atomic mass is 35.5. The Bertz CT molecular complexity index is 1300. The van der Waals surface area contributed by atoms with Gasteiger partial charge in [-0.1, -0.05) is 49.7 Å². The molecule has 1 aliphatic carbocycles. The van der Waals surface area contributed by atoms with Gasteiger partial charge in [0.1, 0.15) is 11.4 Å². The van der Waals surface area contributed by atoms with Crippen LogP contribution in [0.25, 0.3) is 6.08 Å². The maximum atomic E-state index is 12.8. The van der Waals surface area contributed by atoms with E-state index in [-0.39, 0.29) is 12.0 Å². The molecule has 6 nitrogen and oxygen atoms in total. The third-order valence-electron chi connectivity index (χ3n) is 7.49. The fraction of sp³-hybridized carbons (Fsp3) is 0.500. The van der Waals surface area contributed by atoms with E-state index >= 15 is 0 Å². The molecule has 41 heavy (non-hydrogen) atoms. The number of aliphatic imine (C=N–C) groups is 1. The molecule has 1 atom stereocenters. The van der Waals surface area contributed by atoms with Gasteiger partial charge in [-0.2, -0.15) is 0 Å². The summed E-state index contributed by atoms with van der Waals surface area (Å²) < 4.78 is 7.84. The monoisotopic (exact) mass is 578 g/mol. The molecule has 1 unspecified atom stereocenters. The molecule has 1 aromatic carbocycles. The summed E-state index contributed by atoms with van der Waals surface area (Å²) in [7, 11) is 0. The predicted octanol–water partition coefficient (Wildman–Crippen LogP) is 9.01. The normalized spacial score (nSPS) is 20.0. The van der Waals surface area contributed by atoms with Crippen molar-refractivity contribution in [3.8, 4) is 0 Å². The van der Waals surface area contributed by atoms with Crippen LogP contribution in [0.4, 0.5) is 4.79 Å². The average Bonchev–Trinajstić information content (AvgIpc) is 3.30. The number of ether oxygens (including phenoxy) is 1. The number of fused-ring (bicyclic) bond motifs is 1. The molecule has 1 aromatic heterocycles. The van der Waals surface area contributed by atoms with E-state index in [1.165, 1.54) is 16.7 Å². The Hall–Kier alpha value is -3.12. The molecule has 4 rings (SSSR count). The summed E-state index contributed by atoms with van der Waals surface area (Å²) in [5.41, 5.74) is 5.39. The van der Waals surface area contributed by atoms with E-state index < -0.39 is 5.60 Å². The minimum atomic E-state index is -0.502. The van der Waals surface area contributed by atoms with E-state index in [2.05, 4.69) is 40.8 Å². The van der Waals surface area contributed by atoms with Crippen molar-refractivity contribution in [1.82, 2.24) is 14.5 Å². The number of imidazole rings is 1. The van der Waals surface area contributed by atoms with Gasteiger partial charge >= 0.3 is 6.09 Å². The molecule has 1 aliphatic heterocycles. The van der Waals surface area contributed by atoms with Crippen LogP contribution in [-0.4, -0.2) is 44.9 Å². The lowest BCUT2D eigenvalue weighted by Gasteiger charge is -2.37. The predicted molar refractivity (Wildman–Crippen MR) is 172 cm³/mol. The summed E-state index contributed by atoms with van der Waals surface area (Å²) in [5.74, 6) is 1.42. The fourth-order valence-electron chi connectivity index (χ4n) is 5.64. The van der Waals surface area contributed by atoms with Crippen molar-refractivity contribution < 1.29 is 9.53 Å². The molecule has 2 heterocycles. The van der Waals surface area contributed by atoms with Gasteiger partial charge in [0.25, 0.3) is 0 Å². The number of likely N-dealkylation sites (tertiary alicyclic amines) is 1. The van der Waals surface area contributed by atoms with E-state index in [4.69, 9.17) is 21.3 Å². The van der Waals surface area contributed by atoms with Crippen molar-refractivity contribution in [3.63, 3.8) is 0 Å². The smallest absolute Gasteiger partial charge is 0.410 e. The summed E-state index contributed by atoms with van der Waals surface area (Å²) in [6.07, 6.45) is 14.6. The van der Waals surface area contributed by atoms with Gasteiger partial charge in [-0.25, -0.2) is 9.78 Å². The quantitative estimate of drug-likeness (QED) is 0.355. The van der Waals surface area contributed by atoms with Crippen molar-refractivity contribution in [1.29, 1.82) is 0 Å². The lowest BCUT2D eigenvalue weighted by molar-refractivity contribution is 0.0181. The van der Waals surface area contributed by atoms with Gasteiger partial charge in [0.15, 0.2) is 0 Å². The van der Waals surface area contributed by atoms with Crippen molar-refractivity contribution in [2.24, 2.45) is 10.9 Å². The maximum absolute atomic E-state index is 12.8. The first kappa shape index (κ1) is 32.4. The van der Waals surface area contributed by atoms with Gasteiger partial charge in [-0.3, -0.25) is 4.99 Å². The number of carbonyl (C=O) groups is 1. The van der Waals surface area contributed by atoms with Gasteiger partial charge in [-0.05, 0) is 101 Å². The summed E-state index contributed by atoms with van der Waals surface area (Å²) in [6, 6.07) is 6.23. The highest BCUT2D eigenvalue weighted by molar-refractivity contribution is 6.30. The van der Waals surface area contributed by atoms with Gasteiger partial charge in [0.05, 0.1) is 5.71 Å². The van der Waals surface area contributed by atoms with Crippen LogP contribution in [0.3, 0.4) is 0 Å². The van der Waals surface area contributed by atoms with Crippen LogP contribution < -0.4 is 0 Å². The number of piperidine rings is 1. The van der Waals surface area contributed by atoms with Crippen molar-refractivity contribution in [2.45, 2.75) is 92.7 Å². The van der Waals surface area contributed by atoms with Crippen molar-refractivity contribution in [2.75, 3.05) is 13.1 Å². The Kier molecular flexibility index (Phi) is 11.6. The molecule has 1 saturated heterocycles. The Balaban J connectivity index is 0.00000226. The first-order valence-corrected chi connectivity index (χ1v) is 15.3. The van der Waals surface area contributed by atoms with Crippen molar-refractivity contribution >= 4 is 29.5 Å². The number of hydrogen-bond acceptors (Lipinski definition) is 4. The Morgan fingerprint density at radius 2 is 1.90 bits per heavy atom. The molecule has 2 aromatic rings. The lowest BCUT2D eigenvalue weighted by atomic mass is 9.74.